The SMILES string of the molecule is CC#CCOc1ccc(S(=O)(=O)NC(Cc2cn(Cc3ccccc3C(F)(F)F)c3ccc(C(=O)O)cc23)C(=O)O)cc1. The molecule has 1 heterocycles. The molecule has 0 fully saturated rings. The number of carboxylic acids is 2. The molecule has 0 amide bonds. The van der Waals surface area contributed by atoms with Crippen LogP contribution >= 0.6 is 0 Å². The lowest BCUT2D eigenvalue weighted by Crippen LogP contribution is -2.42. The fourth-order valence-corrected chi connectivity index (χ4v) is 5.67. The van der Waals surface area contributed by atoms with Crippen molar-refractivity contribution in [3.63, 3.8) is 0 Å². The fourth-order valence-electron chi connectivity index (χ4n) is 4.48. The van der Waals surface area contributed by atoms with E-state index in [1.165, 1.54) is 71.4 Å². The first kappa shape index (κ1) is 31.1. The van der Waals surface area contributed by atoms with E-state index in [0.29, 0.717) is 11.3 Å². The summed E-state index contributed by atoms with van der Waals surface area (Å²) in [7, 11) is -4.35. The normalized spacial score (nSPS) is 12.4. The lowest BCUT2D eigenvalue weighted by atomic mass is 10.0. The maximum atomic E-state index is 13.6. The van der Waals surface area contributed by atoms with E-state index in [2.05, 4.69) is 16.6 Å². The molecule has 43 heavy (non-hydrogen) atoms. The van der Waals surface area contributed by atoms with Crippen molar-refractivity contribution < 1.29 is 46.1 Å². The van der Waals surface area contributed by atoms with Crippen molar-refractivity contribution in [3.05, 3.63) is 95.2 Å². The van der Waals surface area contributed by atoms with E-state index in [4.69, 9.17) is 4.74 Å². The summed E-state index contributed by atoms with van der Waals surface area (Å²) in [6.45, 7) is 1.47. The van der Waals surface area contributed by atoms with Gasteiger partial charge in [0.15, 0.2) is 0 Å². The number of carbonyl (C=O) groups is 2. The van der Waals surface area contributed by atoms with Crippen molar-refractivity contribution in [1.82, 2.24) is 9.29 Å². The third kappa shape index (κ3) is 7.35. The van der Waals surface area contributed by atoms with Gasteiger partial charge >= 0.3 is 18.1 Å². The Labute approximate surface area is 244 Å². The quantitative estimate of drug-likeness (QED) is 0.207. The summed E-state index contributed by atoms with van der Waals surface area (Å²) in [4.78, 5) is 23.6. The average Bonchev–Trinajstić information content (AvgIpc) is 3.28. The van der Waals surface area contributed by atoms with Crippen molar-refractivity contribution in [2.24, 2.45) is 0 Å². The third-order valence-electron chi connectivity index (χ3n) is 6.52. The molecular formula is C30H25F3N2O7S. The molecule has 1 aromatic heterocycles. The molecule has 13 heteroatoms. The number of halogens is 3. The highest BCUT2D eigenvalue weighted by Crippen LogP contribution is 2.33. The maximum Gasteiger partial charge on any atom is 0.416 e. The molecule has 1 unspecified atom stereocenters. The Morgan fingerprint density at radius 3 is 2.35 bits per heavy atom. The average molecular weight is 615 g/mol. The highest BCUT2D eigenvalue weighted by molar-refractivity contribution is 7.89. The summed E-state index contributed by atoms with van der Waals surface area (Å²) in [6, 6.07) is 12.5. The van der Waals surface area contributed by atoms with Gasteiger partial charge < -0.3 is 19.5 Å². The van der Waals surface area contributed by atoms with Crippen LogP contribution in [0.4, 0.5) is 13.2 Å². The van der Waals surface area contributed by atoms with Crippen LogP contribution < -0.4 is 9.46 Å². The zero-order valence-electron chi connectivity index (χ0n) is 22.6. The van der Waals surface area contributed by atoms with E-state index in [0.717, 1.165) is 6.07 Å². The molecule has 0 spiro atoms. The Kier molecular flexibility index (Phi) is 9.13. The number of ether oxygens (including phenoxy) is 1. The van der Waals surface area contributed by atoms with E-state index in [9.17, 15) is 41.4 Å². The summed E-state index contributed by atoms with van der Waals surface area (Å²) in [5.74, 6) is 2.92. The van der Waals surface area contributed by atoms with E-state index < -0.39 is 46.2 Å². The van der Waals surface area contributed by atoms with Gasteiger partial charge in [-0.3, -0.25) is 4.79 Å². The van der Waals surface area contributed by atoms with Crippen LogP contribution in [0.2, 0.25) is 0 Å². The number of aromatic nitrogens is 1. The van der Waals surface area contributed by atoms with Crippen molar-refractivity contribution in [1.29, 1.82) is 0 Å². The maximum absolute atomic E-state index is 13.6. The zero-order chi connectivity index (χ0) is 31.4. The van der Waals surface area contributed by atoms with Gasteiger partial charge in [-0.1, -0.05) is 24.1 Å². The van der Waals surface area contributed by atoms with Crippen LogP contribution in [0.1, 0.15) is 34.0 Å². The molecule has 3 N–H and O–H groups in total. The second kappa shape index (κ2) is 12.6. The summed E-state index contributed by atoms with van der Waals surface area (Å²) in [5, 5.41) is 19.7. The minimum Gasteiger partial charge on any atom is -0.481 e. The standard InChI is InChI=1S/C30H25F3N2O7S/c1-2-3-14-42-22-9-11-23(12-10-22)43(40,41)34-26(29(38)39)16-21-18-35(27-13-8-19(28(36)37)15-24(21)27)17-20-6-4-5-7-25(20)30(31,32)33/h4-13,15,18,26,34H,14,16-17H2,1H3,(H,36,37)(H,38,39). The smallest absolute Gasteiger partial charge is 0.416 e. The lowest BCUT2D eigenvalue weighted by Gasteiger charge is -2.15. The molecule has 0 bridgehead atoms. The van der Waals surface area contributed by atoms with Crippen LogP contribution in [0.3, 0.4) is 0 Å². The van der Waals surface area contributed by atoms with Gasteiger partial charge in [0, 0.05) is 30.1 Å². The van der Waals surface area contributed by atoms with Crippen LogP contribution in [0, 0.1) is 11.8 Å². The minimum atomic E-state index is -4.63. The molecule has 0 aliphatic heterocycles. The zero-order valence-corrected chi connectivity index (χ0v) is 23.4. The van der Waals surface area contributed by atoms with Gasteiger partial charge in [-0.15, -0.1) is 5.92 Å². The summed E-state index contributed by atoms with van der Waals surface area (Å²) in [6.07, 6.45) is -3.66. The first-order valence-electron chi connectivity index (χ1n) is 12.7. The van der Waals surface area contributed by atoms with E-state index in [-0.39, 0.29) is 40.1 Å². The number of rotatable bonds is 11. The predicted molar refractivity (Wildman–Crippen MR) is 150 cm³/mol. The van der Waals surface area contributed by atoms with Crippen LogP contribution in [0.15, 0.2) is 77.8 Å². The number of alkyl halides is 3. The van der Waals surface area contributed by atoms with Crippen LogP contribution in [0.25, 0.3) is 10.9 Å². The van der Waals surface area contributed by atoms with Crippen molar-refractivity contribution in [2.75, 3.05) is 6.61 Å². The Morgan fingerprint density at radius 1 is 1.02 bits per heavy atom. The molecule has 4 rings (SSSR count). The Bertz CT molecular complexity index is 1840. The molecule has 224 valence electrons. The number of nitrogens with zero attached hydrogens (tertiary/aromatic N) is 1. The highest BCUT2D eigenvalue weighted by atomic mass is 32.2. The number of nitrogens with one attached hydrogen (secondary N) is 1. The van der Waals surface area contributed by atoms with Gasteiger partial charge in [0.05, 0.1) is 16.0 Å². The Balaban J connectivity index is 1.68. The molecule has 1 atom stereocenters. The van der Waals surface area contributed by atoms with Crippen LogP contribution in [-0.4, -0.2) is 47.8 Å². The van der Waals surface area contributed by atoms with Gasteiger partial charge in [0.25, 0.3) is 0 Å². The number of aliphatic carboxylic acids is 1. The second-order valence-corrected chi connectivity index (χ2v) is 11.1. The number of sulfonamides is 1. The fraction of sp³-hybridized carbons (Fsp3) is 0.200. The second-order valence-electron chi connectivity index (χ2n) is 9.38. The number of benzene rings is 3. The van der Waals surface area contributed by atoms with Crippen molar-refractivity contribution >= 4 is 32.9 Å². The van der Waals surface area contributed by atoms with Gasteiger partial charge in [0.2, 0.25) is 10.0 Å². The van der Waals surface area contributed by atoms with E-state index in [1.807, 2.05) is 0 Å². The minimum absolute atomic E-state index is 0.0644. The first-order chi connectivity index (χ1) is 20.3. The number of aromatic carboxylic acids is 1. The Morgan fingerprint density at radius 2 is 1.72 bits per heavy atom. The third-order valence-corrected chi connectivity index (χ3v) is 8.00. The van der Waals surface area contributed by atoms with Crippen LogP contribution in [-0.2, 0) is 34.0 Å². The molecule has 0 aliphatic rings. The summed E-state index contributed by atoms with van der Waals surface area (Å²) in [5.41, 5.74) is -0.496. The van der Waals surface area contributed by atoms with Gasteiger partial charge in [-0.25, -0.2) is 13.2 Å². The van der Waals surface area contributed by atoms with Gasteiger partial charge in [-0.05, 0) is 66.6 Å². The number of hydrogen-bond donors (Lipinski definition) is 3. The molecular weight excluding hydrogens is 589 g/mol. The number of hydrogen-bond acceptors (Lipinski definition) is 5. The number of carboxylic acid groups (broad SMARTS) is 2. The molecule has 0 saturated heterocycles. The van der Waals surface area contributed by atoms with Crippen molar-refractivity contribution in [3.8, 4) is 17.6 Å². The Hall–Kier alpha value is -4.80. The number of fused-ring (bicyclic) bond motifs is 1. The van der Waals surface area contributed by atoms with E-state index in [1.54, 1.807) is 6.92 Å². The van der Waals surface area contributed by atoms with Crippen LogP contribution in [0.5, 0.6) is 5.75 Å². The summed E-state index contributed by atoms with van der Waals surface area (Å²) < 4.78 is 76.0. The monoisotopic (exact) mass is 614 g/mol. The van der Waals surface area contributed by atoms with Crippen molar-refractivity contribution in [2.45, 2.75) is 37.0 Å². The molecule has 9 nitrogen and oxygen atoms in total. The van der Waals surface area contributed by atoms with E-state index >= 15 is 0 Å². The lowest BCUT2D eigenvalue weighted by molar-refractivity contribution is -0.139. The molecule has 0 aliphatic carbocycles. The molecule has 0 radical (unpaired) electrons. The molecule has 0 saturated carbocycles. The summed E-state index contributed by atoms with van der Waals surface area (Å²) >= 11 is 0. The predicted octanol–water partition coefficient (Wildman–Crippen LogP) is 4.78. The first-order valence-corrected chi connectivity index (χ1v) is 14.2. The molecule has 3 aromatic carbocycles. The van der Waals surface area contributed by atoms with Gasteiger partial charge in [0.1, 0.15) is 18.4 Å². The largest absolute Gasteiger partial charge is 0.481 e. The molecule has 4 aromatic rings. The van der Waals surface area contributed by atoms with Gasteiger partial charge in [-0.2, -0.15) is 17.9 Å². The highest BCUT2D eigenvalue weighted by Gasteiger charge is 2.33. The topological polar surface area (TPSA) is 135 Å².